The number of ether oxygens (including phenoxy) is 1. The van der Waals surface area contributed by atoms with E-state index in [1.807, 2.05) is 31.2 Å². The maximum absolute atomic E-state index is 13.5. The van der Waals surface area contributed by atoms with E-state index in [0.29, 0.717) is 17.7 Å². The molecule has 2 aromatic carbocycles. The Labute approximate surface area is 139 Å². The molecule has 0 radical (unpaired) electrons. The van der Waals surface area contributed by atoms with Gasteiger partial charge in [0.1, 0.15) is 11.6 Å². The van der Waals surface area contributed by atoms with Crippen molar-refractivity contribution in [2.24, 2.45) is 0 Å². The Morgan fingerprint density at radius 3 is 2.83 bits per heavy atom. The third-order valence-electron chi connectivity index (χ3n) is 3.86. The van der Waals surface area contributed by atoms with E-state index in [-0.39, 0.29) is 5.82 Å². The van der Waals surface area contributed by atoms with Crippen molar-refractivity contribution in [3.8, 4) is 5.75 Å². The Kier molecular flexibility index (Phi) is 4.62. The third kappa shape index (κ3) is 3.46. The first-order chi connectivity index (χ1) is 11.6. The number of halogens is 1. The molecule has 124 valence electrons. The molecule has 0 spiro atoms. The standard InChI is InChI=1S/C19H19FN2O2/c1-12-8-18(16-10-14(20)6-7-17(16)22-12)21-11-19(23)13-4-3-5-15(9-13)24-2/h3-10,19,23H,11H2,1-2H3,(H,21,22). The van der Waals surface area contributed by atoms with Crippen LogP contribution in [0, 0.1) is 12.7 Å². The van der Waals surface area contributed by atoms with Gasteiger partial charge in [-0.1, -0.05) is 12.1 Å². The second kappa shape index (κ2) is 6.84. The van der Waals surface area contributed by atoms with Crippen LogP contribution in [-0.4, -0.2) is 23.7 Å². The predicted octanol–water partition coefficient (Wildman–Crippen LogP) is 3.84. The summed E-state index contributed by atoms with van der Waals surface area (Å²) in [5, 5.41) is 14.3. The third-order valence-corrected chi connectivity index (χ3v) is 3.86. The second-order valence-electron chi connectivity index (χ2n) is 5.65. The molecule has 0 aliphatic heterocycles. The van der Waals surface area contributed by atoms with Gasteiger partial charge in [0.15, 0.2) is 0 Å². The summed E-state index contributed by atoms with van der Waals surface area (Å²) in [5.41, 5.74) is 3.05. The van der Waals surface area contributed by atoms with Crippen molar-refractivity contribution in [2.45, 2.75) is 13.0 Å². The number of rotatable bonds is 5. The van der Waals surface area contributed by atoms with Gasteiger partial charge in [-0.15, -0.1) is 0 Å². The van der Waals surface area contributed by atoms with Crippen LogP contribution in [-0.2, 0) is 0 Å². The number of pyridine rings is 1. The van der Waals surface area contributed by atoms with Crippen LogP contribution in [0.2, 0.25) is 0 Å². The largest absolute Gasteiger partial charge is 0.497 e. The topological polar surface area (TPSA) is 54.4 Å². The number of hydrogen-bond donors (Lipinski definition) is 2. The Bertz CT molecular complexity index is 867. The summed E-state index contributed by atoms with van der Waals surface area (Å²) in [5.74, 6) is 0.378. The summed E-state index contributed by atoms with van der Waals surface area (Å²) < 4.78 is 18.7. The van der Waals surface area contributed by atoms with Crippen LogP contribution >= 0.6 is 0 Å². The minimum Gasteiger partial charge on any atom is -0.497 e. The zero-order valence-corrected chi connectivity index (χ0v) is 13.6. The van der Waals surface area contributed by atoms with Gasteiger partial charge in [0.2, 0.25) is 0 Å². The molecule has 1 atom stereocenters. The average molecular weight is 326 g/mol. The summed E-state index contributed by atoms with van der Waals surface area (Å²) in [7, 11) is 1.59. The fraction of sp³-hybridized carbons (Fsp3) is 0.211. The first kappa shape index (κ1) is 16.2. The van der Waals surface area contributed by atoms with E-state index in [9.17, 15) is 9.50 Å². The summed E-state index contributed by atoms with van der Waals surface area (Å²) in [6, 6.07) is 13.6. The monoisotopic (exact) mass is 326 g/mol. The molecule has 4 nitrogen and oxygen atoms in total. The number of aliphatic hydroxyl groups is 1. The maximum Gasteiger partial charge on any atom is 0.124 e. The number of aryl methyl sites for hydroxylation is 1. The van der Waals surface area contributed by atoms with Gasteiger partial charge in [0, 0.05) is 23.3 Å². The lowest BCUT2D eigenvalue weighted by Gasteiger charge is -2.16. The fourth-order valence-corrected chi connectivity index (χ4v) is 2.65. The van der Waals surface area contributed by atoms with E-state index in [4.69, 9.17) is 4.74 Å². The van der Waals surface area contributed by atoms with Crippen LogP contribution in [0.4, 0.5) is 10.1 Å². The SMILES string of the molecule is COc1cccc(C(O)CNc2cc(C)nc3ccc(F)cc23)c1. The van der Waals surface area contributed by atoms with E-state index < -0.39 is 6.10 Å². The van der Waals surface area contributed by atoms with Crippen molar-refractivity contribution in [3.05, 3.63) is 65.6 Å². The Morgan fingerprint density at radius 2 is 2.04 bits per heavy atom. The zero-order valence-electron chi connectivity index (χ0n) is 13.6. The number of hydrogen-bond acceptors (Lipinski definition) is 4. The van der Waals surface area contributed by atoms with Gasteiger partial charge in [-0.3, -0.25) is 4.98 Å². The molecule has 2 N–H and O–H groups in total. The number of aliphatic hydroxyl groups excluding tert-OH is 1. The normalized spacial score (nSPS) is 12.2. The highest BCUT2D eigenvalue weighted by atomic mass is 19.1. The average Bonchev–Trinajstić information content (AvgIpc) is 2.59. The Hall–Kier alpha value is -2.66. The lowest BCUT2D eigenvalue weighted by molar-refractivity contribution is 0.191. The number of anilines is 1. The molecule has 1 heterocycles. The van der Waals surface area contributed by atoms with Gasteiger partial charge in [0.25, 0.3) is 0 Å². The van der Waals surface area contributed by atoms with Gasteiger partial charge in [-0.05, 0) is 48.9 Å². The molecule has 1 unspecified atom stereocenters. The first-order valence-electron chi connectivity index (χ1n) is 7.69. The maximum atomic E-state index is 13.5. The minimum atomic E-state index is -0.711. The van der Waals surface area contributed by atoms with E-state index >= 15 is 0 Å². The van der Waals surface area contributed by atoms with Gasteiger partial charge in [0.05, 0.1) is 18.7 Å². The molecular formula is C19H19FN2O2. The van der Waals surface area contributed by atoms with Crippen LogP contribution in [0.3, 0.4) is 0 Å². The number of methoxy groups -OCH3 is 1. The molecule has 24 heavy (non-hydrogen) atoms. The molecule has 0 amide bonds. The van der Waals surface area contributed by atoms with E-state index in [2.05, 4.69) is 10.3 Å². The Morgan fingerprint density at radius 1 is 1.21 bits per heavy atom. The number of benzene rings is 2. The van der Waals surface area contributed by atoms with Crippen molar-refractivity contribution < 1.29 is 14.2 Å². The summed E-state index contributed by atoms with van der Waals surface area (Å²) in [6.45, 7) is 2.18. The second-order valence-corrected chi connectivity index (χ2v) is 5.65. The molecule has 3 aromatic rings. The van der Waals surface area contributed by atoms with Crippen molar-refractivity contribution in [1.29, 1.82) is 0 Å². The molecule has 0 bridgehead atoms. The lowest BCUT2D eigenvalue weighted by Crippen LogP contribution is -2.12. The smallest absolute Gasteiger partial charge is 0.124 e. The number of aromatic nitrogens is 1. The van der Waals surface area contributed by atoms with Gasteiger partial charge >= 0.3 is 0 Å². The van der Waals surface area contributed by atoms with Gasteiger partial charge < -0.3 is 15.2 Å². The van der Waals surface area contributed by atoms with Crippen molar-refractivity contribution in [3.63, 3.8) is 0 Å². The Balaban J connectivity index is 1.83. The summed E-state index contributed by atoms with van der Waals surface area (Å²) in [4.78, 5) is 4.40. The van der Waals surface area contributed by atoms with Crippen LogP contribution in [0.1, 0.15) is 17.4 Å². The molecule has 0 saturated heterocycles. The van der Waals surface area contributed by atoms with Crippen molar-refractivity contribution >= 4 is 16.6 Å². The first-order valence-corrected chi connectivity index (χ1v) is 7.69. The van der Waals surface area contributed by atoms with Crippen LogP contribution in [0.15, 0.2) is 48.5 Å². The highest BCUT2D eigenvalue weighted by molar-refractivity contribution is 5.91. The highest BCUT2D eigenvalue weighted by Crippen LogP contribution is 2.25. The molecule has 3 rings (SSSR count). The van der Waals surface area contributed by atoms with E-state index in [0.717, 1.165) is 22.5 Å². The number of nitrogens with zero attached hydrogens (tertiary/aromatic N) is 1. The number of nitrogens with one attached hydrogen (secondary N) is 1. The number of fused-ring (bicyclic) bond motifs is 1. The summed E-state index contributed by atoms with van der Waals surface area (Å²) >= 11 is 0. The van der Waals surface area contributed by atoms with Crippen LogP contribution in [0.25, 0.3) is 10.9 Å². The lowest BCUT2D eigenvalue weighted by atomic mass is 10.1. The van der Waals surface area contributed by atoms with Crippen LogP contribution < -0.4 is 10.1 Å². The molecule has 0 aliphatic rings. The fourth-order valence-electron chi connectivity index (χ4n) is 2.65. The molecular weight excluding hydrogens is 307 g/mol. The van der Waals surface area contributed by atoms with Gasteiger partial charge in [-0.25, -0.2) is 4.39 Å². The molecule has 1 aromatic heterocycles. The summed E-state index contributed by atoms with van der Waals surface area (Å²) in [6.07, 6.45) is -0.711. The van der Waals surface area contributed by atoms with Gasteiger partial charge in [-0.2, -0.15) is 0 Å². The van der Waals surface area contributed by atoms with E-state index in [1.165, 1.54) is 12.1 Å². The molecule has 0 fully saturated rings. The highest BCUT2D eigenvalue weighted by Gasteiger charge is 2.11. The molecule has 0 saturated carbocycles. The minimum absolute atomic E-state index is 0.294. The van der Waals surface area contributed by atoms with Crippen molar-refractivity contribution in [1.82, 2.24) is 4.98 Å². The molecule has 0 aliphatic carbocycles. The zero-order chi connectivity index (χ0) is 17.1. The van der Waals surface area contributed by atoms with E-state index in [1.54, 1.807) is 19.2 Å². The molecule has 5 heteroatoms. The quantitative estimate of drug-likeness (QED) is 0.748. The predicted molar refractivity (Wildman–Crippen MR) is 92.9 cm³/mol. The van der Waals surface area contributed by atoms with Crippen LogP contribution in [0.5, 0.6) is 5.75 Å². The van der Waals surface area contributed by atoms with Crippen molar-refractivity contribution in [2.75, 3.05) is 19.0 Å².